The van der Waals surface area contributed by atoms with Gasteiger partial charge in [0, 0.05) is 18.1 Å². The molecule has 0 saturated heterocycles. The molecular formula is C12H17BrFNO. The molecule has 0 heterocycles. The summed E-state index contributed by atoms with van der Waals surface area (Å²) in [6.07, 6.45) is 0.854. The maximum absolute atomic E-state index is 13.0. The Morgan fingerprint density at radius 2 is 2.12 bits per heavy atom. The van der Waals surface area contributed by atoms with Crippen molar-refractivity contribution in [3.8, 4) is 0 Å². The highest BCUT2D eigenvalue weighted by molar-refractivity contribution is 9.10. The zero-order valence-corrected chi connectivity index (χ0v) is 11.4. The number of halogens is 2. The largest absolute Gasteiger partial charge is 0.384 e. The lowest BCUT2D eigenvalue weighted by molar-refractivity contribution is 0.0185. The van der Waals surface area contributed by atoms with Crippen molar-refractivity contribution in [3.63, 3.8) is 0 Å². The molecule has 1 aromatic rings. The Morgan fingerprint density at radius 3 is 2.75 bits per heavy atom. The normalized spacial score (nSPS) is 11.6. The Morgan fingerprint density at radius 1 is 1.44 bits per heavy atom. The summed E-state index contributed by atoms with van der Waals surface area (Å²) >= 11 is 3.37. The number of hydrogen-bond donors (Lipinski definition) is 1. The first kappa shape index (κ1) is 13.5. The Bertz CT molecular complexity index is 355. The van der Waals surface area contributed by atoms with Crippen molar-refractivity contribution < 1.29 is 9.13 Å². The van der Waals surface area contributed by atoms with Gasteiger partial charge in [-0.25, -0.2) is 4.39 Å². The molecule has 16 heavy (non-hydrogen) atoms. The van der Waals surface area contributed by atoms with E-state index in [-0.39, 0.29) is 11.4 Å². The molecule has 0 bridgehead atoms. The van der Waals surface area contributed by atoms with Crippen LogP contribution < -0.4 is 5.32 Å². The summed E-state index contributed by atoms with van der Waals surface area (Å²) in [5.74, 6) is -0.239. The highest BCUT2D eigenvalue weighted by atomic mass is 79.9. The van der Waals surface area contributed by atoms with Crippen LogP contribution >= 0.6 is 15.9 Å². The molecule has 1 aromatic carbocycles. The van der Waals surface area contributed by atoms with E-state index in [0.29, 0.717) is 0 Å². The van der Waals surface area contributed by atoms with Crippen LogP contribution in [0.3, 0.4) is 0 Å². The third kappa shape index (κ3) is 4.10. The van der Waals surface area contributed by atoms with Crippen LogP contribution in [0, 0.1) is 5.82 Å². The number of anilines is 1. The van der Waals surface area contributed by atoms with Crippen molar-refractivity contribution in [1.29, 1.82) is 0 Å². The molecule has 0 saturated carbocycles. The van der Waals surface area contributed by atoms with Crippen LogP contribution in [0.1, 0.15) is 20.3 Å². The van der Waals surface area contributed by atoms with E-state index in [0.717, 1.165) is 23.1 Å². The average molecular weight is 290 g/mol. The van der Waals surface area contributed by atoms with Gasteiger partial charge in [0.2, 0.25) is 0 Å². The van der Waals surface area contributed by atoms with Gasteiger partial charge in [-0.2, -0.15) is 0 Å². The predicted molar refractivity (Wildman–Crippen MR) is 68.3 cm³/mol. The molecule has 90 valence electrons. The highest BCUT2D eigenvalue weighted by Gasteiger charge is 2.15. The summed E-state index contributed by atoms with van der Waals surface area (Å²) in [6, 6.07) is 4.59. The van der Waals surface area contributed by atoms with E-state index in [1.165, 1.54) is 12.1 Å². The lowest BCUT2D eigenvalue weighted by atomic mass is 10.1. The van der Waals surface area contributed by atoms with Crippen LogP contribution in [0.2, 0.25) is 0 Å². The smallest absolute Gasteiger partial charge is 0.125 e. The Hall–Kier alpha value is -0.610. The molecule has 0 aliphatic carbocycles. The summed E-state index contributed by atoms with van der Waals surface area (Å²) in [6.45, 7) is 4.79. The van der Waals surface area contributed by atoms with Crippen LogP contribution in [0.4, 0.5) is 10.1 Å². The molecular weight excluding hydrogens is 273 g/mol. The van der Waals surface area contributed by atoms with E-state index in [1.54, 1.807) is 13.2 Å². The molecule has 0 aromatic heterocycles. The third-order valence-corrected chi connectivity index (χ3v) is 3.22. The van der Waals surface area contributed by atoms with Gasteiger partial charge < -0.3 is 10.1 Å². The second kappa shape index (κ2) is 5.64. The van der Waals surface area contributed by atoms with Gasteiger partial charge >= 0.3 is 0 Å². The van der Waals surface area contributed by atoms with Gasteiger partial charge in [0.15, 0.2) is 0 Å². The minimum absolute atomic E-state index is 0.160. The quantitative estimate of drug-likeness (QED) is 0.890. The number of ether oxygens (including phenoxy) is 1. The van der Waals surface area contributed by atoms with E-state index in [1.807, 2.05) is 13.8 Å². The Balaban J connectivity index is 2.52. The van der Waals surface area contributed by atoms with Gasteiger partial charge in [0.1, 0.15) is 5.82 Å². The summed E-state index contributed by atoms with van der Waals surface area (Å²) in [5, 5.41) is 3.18. The molecule has 0 fully saturated rings. The van der Waals surface area contributed by atoms with Crippen molar-refractivity contribution in [1.82, 2.24) is 0 Å². The van der Waals surface area contributed by atoms with Gasteiger partial charge in [0.25, 0.3) is 0 Å². The second-order valence-electron chi connectivity index (χ2n) is 4.26. The number of methoxy groups -OCH3 is 1. The van der Waals surface area contributed by atoms with Crippen LogP contribution in [0.25, 0.3) is 0 Å². The van der Waals surface area contributed by atoms with Gasteiger partial charge in [-0.3, -0.25) is 0 Å². The highest BCUT2D eigenvalue weighted by Crippen LogP contribution is 2.23. The zero-order chi connectivity index (χ0) is 12.2. The van der Waals surface area contributed by atoms with Crippen LogP contribution in [-0.2, 0) is 4.74 Å². The molecule has 0 radical (unpaired) electrons. The second-order valence-corrected chi connectivity index (χ2v) is 5.12. The van der Waals surface area contributed by atoms with Gasteiger partial charge in [-0.15, -0.1) is 0 Å². The predicted octanol–water partition coefficient (Wildman–Crippen LogP) is 3.82. The van der Waals surface area contributed by atoms with Crippen molar-refractivity contribution in [2.75, 3.05) is 19.0 Å². The van der Waals surface area contributed by atoms with Crippen LogP contribution in [0.5, 0.6) is 0 Å². The van der Waals surface area contributed by atoms with Gasteiger partial charge in [-0.05, 0) is 54.4 Å². The topological polar surface area (TPSA) is 21.3 Å². The average Bonchev–Trinajstić information content (AvgIpc) is 2.23. The third-order valence-electron chi connectivity index (χ3n) is 2.52. The first-order valence-corrected chi connectivity index (χ1v) is 5.98. The monoisotopic (exact) mass is 289 g/mol. The molecule has 0 amide bonds. The number of rotatable bonds is 5. The lowest BCUT2D eigenvalue weighted by Crippen LogP contribution is -2.25. The molecule has 0 atom stereocenters. The minimum atomic E-state index is -0.239. The number of nitrogens with one attached hydrogen (secondary N) is 1. The van der Waals surface area contributed by atoms with Crippen molar-refractivity contribution in [3.05, 3.63) is 28.5 Å². The molecule has 0 unspecified atom stereocenters. The zero-order valence-electron chi connectivity index (χ0n) is 9.81. The van der Waals surface area contributed by atoms with E-state index in [4.69, 9.17) is 4.74 Å². The number of hydrogen-bond acceptors (Lipinski definition) is 2. The fraction of sp³-hybridized carbons (Fsp3) is 0.500. The molecule has 1 rings (SSSR count). The summed E-state index contributed by atoms with van der Waals surface area (Å²) in [5.41, 5.74) is 0.610. The molecule has 1 N–H and O–H groups in total. The fourth-order valence-electron chi connectivity index (χ4n) is 1.23. The van der Waals surface area contributed by atoms with E-state index in [2.05, 4.69) is 21.2 Å². The van der Waals surface area contributed by atoms with Crippen molar-refractivity contribution in [2.24, 2.45) is 0 Å². The molecule has 2 nitrogen and oxygen atoms in total. The molecule has 0 aliphatic heterocycles. The Kier molecular flexibility index (Phi) is 4.74. The molecule has 4 heteroatoms. The van der Waals surface area contributed by atoms with Gasteiger partial charge in [0.05, 0.1) is 11.3 Å². The van der Waals surface area contributed by atoms with Crippen LogP contribution in [-0.4, -0.2) is 19.3 Å². The van der Waals surface area contributed by atoms with E-state index < -0.39 is 0 Å². The lowest BCUT2D eigenvalue weighted by Gasteiger charge is -2.23. The summed E-state index contributed by atoms with van der Waals surface area (Å²) in [7, 11) is 1.69. The summed E-state index contributed by atoms with van der Waals surface area (Å²) < 4.78 is 19.2. The maximum atomic E-state index is 13.0. The van der Waals surface area contributed by atoms with Crippen LogP contribution in [0.15, 0.2) is 22.7 Å². The first-order valence-electron chi connectivity index (χ1n) is 5.19. The van der Waals surface area contributed by atoms with Crippen molar-refractivity contribution >= 4 is 21.6 Å². The summed E-state index contributed by atoms with van der Waals surface area (Å²) in [4.78, 5) is 0. The molecule has 0 aliphatic rings. The van der Waals surface area contributed by atoms with Gasteiger partial charge in [-0.1, -0.05) is 0 Å². The SMILES string of the molecule is COC(C)(C)CCNc1cc(F)ccc1Br. The standard InChI is InChI=1S/C12H17BrFNO/c1-12(2,16-3)6-7-15-11-8-9(14)4-5-10(11)13/h4-5,8,15H,6-7H2,1-3H3. The fourth-order valence-corrected chi connectivity index (χ4v) is 1.62. The first-order chi connectivity index (χ1) is 7.44. The van der Waals surface area contributed by atoms with E-state index in [9.17, 15) is 4.39 Å². The van der Waals surface area contributed by atoms with E-state index >= 15 is 0 Å². The number of benzene rings is 1. The Labute approximate surface area is 104 Å². The minimum Gasteiger partial charge on any atom is -0.384 e. The maximum Gasteiger partial charge on any atom is 0.125 e. The van der Waals surface area contributed by atoms with Crippen molar-refractivity contribution in [2.45, 2.75) is 25.9 Å². The molecule has 0 spiro atoms.